The quantitative estimate of drug-likeness (QED) is 0.844. The summed E-state index contributed by atoms with van der Waals surface area (Å²) in [5, 5.41) is 0. The molecular weight excluding hydrogens is 198 g/mol. The van der Waals surface area contributed by atoms with Gasteiger partial charge < -0.3 is 10.6 Å². The fourth-order valence-electron chi connectivity index (χ4n) is 2.58. The van der Waals surface area contributed by atoms with Gasteiger partial charge >= 0.3 is 0 Å². The van der Waals surface area contributed by atoms with Crippen LogP contribution in [0.5, 0.6) is 0 Å². The smallest absolute Gasteiger partial charge is 0.0442 e. The van der Waals surface area contributed by atoms with Gasteiger partial charge in [0.25, 0.3) is 0 Å². The molecule has 3 heteroatoms. The van der Waals surface area contributed by atoms with Crippen molar-refractivity contribution >= 4 is 5.69 Å². The van der Waals surface area contributed by atoms with Gasteiger partial charge in [0.05, 0.1) is 0 Å². The van der Waals surface area contributed by atoms with Gasteiger partial charge in [0, 0.05) is 43.3 Å². The normalized spacial score (nSPS) is 20.4. The van der Waals surface area contributed by atoms with Crippen LogP contribution >= 0.6 is 0 Å². The third-order valence-corrected chi connectivity index (χ3v) is 3.42. The first kappa shape index (κ1) is 11.4. The zero-order chi connectivity index (χ0) is 11.4. The molecule has 0 aliphatic carbocycles. The molecule has 0 radical (unpaired) electrons. The number of nitrogens with two attached hydrogens (primary N) is 1. The second kappa shape index (κ2) is 5.30. The molecule has 0 bridgehead atoms. The van der Waals surface area contributed by atoms with E-state index in [0.29, 0.717) is 6.54 Å². The molecule has 2 N–H and O–H groups in total. The summed E-state index contributed by atoms with van der Waals surface area (Å²) in [4.78, 5) is 6.60. The number of anilines is 1. The van der Waals surface area contributed by atoms with E-state index in [9.17, 15) is 0 Å². The van der Waals surface area contributed by atoms with Crippen LogP contribution in [0.4, 0.5) is 5.69 Å². The number of hydrogen-bond donors (Lipinski definition) is 1. The molecule has 1 aromatic heterocycles. The largest absolute Gasteiger partial charge is 0.371 e. The van der Waals surface area contributed by atoms with Crippen LogP contribution in [0.25, 0.3) is 0 Å². The Labute approximate surface area is 97.7 Å². The van der Waals surface area contributed by atoms with Crippen molar-refractivity contribution < 1.29 is 0 Å². The van der Waals surface area contributed by atoms with Gasteiger partial charge in [-0.3, -0.25) is 4.98 Å². The molecule has 2 rings (SSSR count). The minimum atomic E-state index is 0.581. The maximum Gasteiger partial charge on any atom is 0.0442 e. The summed E-state index contributed by atoms with van der Waals surface area (Å²) >= 11 is 0. The molecule has 2 heterocycles. The fraction of sp³-hybridized carbons (Fsp3) is 0.615. The summed E-state index contributed by atoms with van der Waals surface area (Å²) in [5.41, 5.74) is 8.20. The lowest BCUT2D eigenvalue weighted by Gasteiger charge is -2.21. The van der Waals surface area contributed by atoms with E-state index in [1.807, 2.05) is 12.4 Å². The predicted octanol–water partition coefficient (Wildman–Crippen LogP) is 2.17. The molecular formula is C13H21N3. The van der Waals surface area contributed by atoms with Gasteiger partial charge in [-0.25, -0.2) is 0 Å². The van der Waals surface area contributed by atoms with E-state index in [-0.39, 0.29) is 0 Å². The highest BCUT2D eigenvalue weighted by molar-refractivity contribution is 5.52. The molecule has 1 aliphatic rings. The molecule has 0 saturated carbocycles. The fourth-order valence-corrected chi connectivity index (χ4v) is 2.58. The van der Waals surface area contributed by atoms with Crippen molar-refractivity contribution in [3.8, 4) is 0 Å². The summed E-state index contributed by atoms with van der Waals surface area (Å²) in [7, 11) is 0. The van der Waals surface area contributed by atoms with E-state index < -0.39 is 0 Å². The van der Waals surface area contributed by atoms with Crippen molar-refractivity contribution in [1.29, 1.82) is 0 Å². The topological polar surface area (TPSA) is 42.2 Å². The molecule has 0 amide bonds. The van der Waals surface area contributed by atoms with Crippen LogP contribution in [0.1, 0.15) is 31.7 Å². The Hall–Kier alpha value is -1.09. The molecule has 88 valence electrons. The van der Waals surface area contributed by atoms with Crippen LogP contribution in [0.3, 0.4) is 0 Å². The highest BCUT2D eigenvalue weighted by atomic mass is 15.2. The van der Waals surface area contributed by atoms with E-state index in [0.717, 1.165) is 5.92 Å². The lowest BCUT2D eigenvalue weighted by Crippen LogP contribution is -2.21. The molecule has 1 saturated heterocycles. The van der Waals surface area contributed by atoms with Crippen LogP contribution in [-0.2, 0) is 6.54 Å². The number of nitrogens with zero attached hydrogens (tertiary/aromatic N) is 2. The van der Waals surface area contributed by atoms with E-state index in [4.69, 9.17) is 5.73 Å². The molecule has 16 heavy (non-hydrogen) atoms. The molecule has 1 aromatic rings. The van der Waals surface area contributed by atoms with Gasteiger partial charge in [-0.1, -0.05) is 13.3 Å². The lowest BCUT2D eigenvalue weighted by atomic mass is 10.0. The van der Waals surface area contributed by atoms with Crippen molar-refractivity contribution in [3.05, 3.63) is 24.0 Å². The van der Waals surface area contributed by atoms with E-state index >= 15 is 0 Å². The van der Waals surface area contributed by atoms with E-state index in [1.54, 1.807) is 0 Å². The van der Waals surface area contributed by atoms with E-state index in [2.05, 4.69) is 22.9 Å². The van der Waals surface area contributed by atoms with Gasteiger partial charge in [0.2, 0.25) is 0 Å². The van der Waals surface area contributed by atoms with E-state index in [1.165, 1.54) is 43.6 Å². The Morgan fingerprint density at radius 1 is 1.56 bits per heavy atom. The maximum absolute atomic E-state index is 5.74. The summed E-state index contributed by atoms with van der Waals surface area (Å²) in [6, 6.07) is 2.09. The maximum atomic E-state index is 5.74. The summed E-state index contributed by atoms with van der Waals surface area (Å²) in [6.07, 6.45) is 7.71. The van der Waals surface area contributed by atoms with Gasteiger partial charge in [0.15, 0.2) is 0 Å². The Morgan fingerprint density at radius 3 is 3.19 bits per heavy atom. The zero-order valence-corrected chi connectivity index (χ0v) is 10.0. The Bertz CT molecular complexity index is 338. The van der Waals surface area contributed by atoms with Crippen LogP contribution in [0, 0.1) is 5.92 Å². The minimum absolute atomic E-state index is 0.581. The van der Waals surface area contributed by atoms with Crippen LogP contribution in [0.15, 0.2) is 18.5 Å². The molecule has 0 spiro atoms. The number of aromatic nitrogens is 1. The average Bonchev–Trinajstić information content (AvgIpc) is 2.78. The third-order valence-electron chi connectivity index (χ3n) is 3.42. The first-order valence-electron chi connectivity index (χ1n) is 6.23. The van der Waals surface area contributed by atoms with Crippen LogP contribution < -0.4 is 10.6 Å². The highest BCUT2D eigenvalue weighted by Crippen LogP contribution is 2.28. The summed E-state index contributed by atoms with van der Waals surface area (Å²) < 4.78 is 0. The Morgan fingerprint density at radius 2 is 2.44 bits per heavy atom. The zero-order valence-electron chi connectivity index (χ0n) is 10.0. The SMILES string of the molecule is CCCC1CCN(c2ccncc2CN)C1. The number of pyridine rings is 1. The molecule has 1 fully saturated rings. The lowest BCUT2D eigenvalue weighted by molar-refractivity contribution is 0.529. The average molecular weight is 219 g/mol. The summed E-state index contributed by atoms with van der Waals surface area (Å²) in [6.45, 7) is 5.20. The van der Waals surface area contributed by atoms with Crippen molar-refractivity contribution in [2.45, 2.75) is 32.7 Å². The molecule has 1 aliphatic heterocycles. The Kier molecular flexibility index (Phi) is 3.78. The van der Waals surface area contributed by atoms with Crippen LogP contribution in [-0.4, -0.2) is 18.1 Å². The van der Waals surface area contributed by atoms with Crippen molar-refractivity contribution in [3.63, 3.8) is 0 Å². The minimum Gasteiger partial charge on any atom is -0.371 e. The van der Waals surface area contributed by atoms with Gasteiger partial charge in [-0.15, -0.1) is 0 Å². The predicted molar refractivity (Wildman–Crippen MR) is 67.4 cm³/mol. The highest BCUT2D eigenvalue weighted by Gasteiger charge is 2.23. The second-order valence-corrected chi connectivity index (χ2v) is 4.60. The van der Waals surface area contributed by atoms with Gasteiger partial charge in [-0.2, -0.15) is 0 Å². The molecule has 3 nitrogen and oxygen atoms in total. The summed E-state index contributed by atoms with van der Waals surface area (Å²) in [5.74, 6) is 0.865. The van der Waals surface area contributed by atoms with Crippen LogP contribution in [0.2, 0.25) is 0 Å². The molecule has 0 aromatic carbocycles. The standard InChI is InChI=1S/C13H21N3/c1-2-3-11-5-7-16(10-11)13-4-6-15-9-12(13)8-14/h4,6,9,11H,2-3,5,7-8,10,14H2,1H3. The first-order chi connectivity index (χ1) is 7.85. The third kappa shape index (κ3) is 2.35. The number of rotatable bonds is 4. The van der Waals surface area contributed by atoms with Crippen molar-refractivity contribution in [2.24, 2.45) is 11.7 Å². The number of hydrogen-bond acceptors (Lipinski definition) is 3. The monoisotopic (exact) mass is 219 g/mol. The van der Waals surface area contributed by atoms with Gasteiger partial charge in [0.1, 0.15) is 0 Å². The Balaban J connectivity index is 2.08. The van der Waals surface area contributed by atoms with Crippen molar-refractivity contribution in [1.82, 2.24) is 4.98 Å². The molecule has 1 unspecified atom stereocenters. The van der Waals surface area contributed by atoms with Gasteiger partial charge in [-0.05, 0) is 24.8 Å². The second-order valence-electron chi connectivity index (χ2n) is 4.60. The van der Waals surface area contributed by atoms with Crippen molar-refractivity contribution in [2.75, 3.05) is 18.0 Å². The molecule has 1 atom stereocenters. The first-order valence-corrected chi connectivity index (χ1v) is 6.23.